The van der Waals surface area contributed by atoms with Gasteiger partial charge in [-0.15, -0.1) is 0 Å². The van der Waals surface area contributed by atoms with Gasteiger partial charge >= 0.3 is 0 Å². The zero-order chi connectivity index (χ0) is 15.4. The van der Waals surface area contributed by atoms with E-state index in [9.17, 15) is 4.79 Å². The first-order valence-corrected chi connectivity index (χ1v) is 7.88. The van der Waals surface area contributed by atoms with Crippen molar-refractivity contribution < 1.29 is 4.79 Å². The molecular formula is C17H22N4O. The van der Waals surface area contributed by atoms with E-state index in [0.29, 0.717) is 12.5 Å². The summed E-state index contributed by atoms with van der Waals surface area (Å²) < 4.78 is 1.93. The number of rotatable bonds is 5. The summed E-state index contributed by atoms with van der Waals surface area (Å²) in [6.07, 6.45) is 6.97. The molecule has 0 spiro atoms. The van der Waals surface area contributed by atoms with Gasteiger partial charge in [0, 0.05) is 6.07 Å². The van der Waals surface area contributed by atoms with Gasteiger partial charge in [0.1, 0.15) is 5.82 Å². The van der Waals surface area contributed by atoms with E-state index >= 15 is 0 Å². The highest BCUT2D eigenvalue weighted by Crippen LogP contribution is 2.31. The van der Waals surface area contributed by atoms with Crippen LogP contribution in [0.1, 0.15) is 37.3 Å². The highest BCUT2D eigenvalue weighted by Gasteiger charge is 2.22. The predicted molar refractivity (Wildman–Crippen MR) is 86.5 cm³/mol. The molecular weight excluding hydrogens is 276 g/mol. The van der Waals surface area contributed by atoms with Gasteiger partial charge in [-0.2, -0.15) is 5.10 Å². The van der Waals surface area contributed by atoms with Gasteiger partial charge in [0.05, 0.1) is 18.3 Å². The third-order valence-electron chi connectivity index (χ3n) is 4.23. The SMILES string of the molecule is N[C@H](Cc1ccccc1)C(=O)Nc1ccnn1C1CCCC1. The van der Waals surface area contributed by atoms with Crippen molar-refractivity contribution >= 4 is 11.7 Å². The van der Waals surface area contributed by atoms with Gasteiger partial charge < -0.3 is 11.1 Å². The van der Waals surface area contributed by atoms with Crippen molar-refractivity contribution in [2.45, 2.75) is 44.2 Å². The third-order valence-corrected chi connectivity index (χ3v) is 4.23. The standard InChI is InChI=1S/C17H22N4O/c18-15(12-13-6-2-1-3-7-13)17(22)20-16-10-11-19-21(16)14-8-4-5-9-14/h1-3,6-7,10-11,14-15H,4-5,8-9,12,18H2,(H,20,22)/t15-/m1/s1. The summed E-state index contributed by atoms with van der Waals surface area (Å²) in [5, 5.41) is 7.28. The number of hydrogen-bond donors (Lipinski definition) is 2. The lowest BCUT2D eigenvalue weighted by Crippen LogP contribution is -2.38. The minimum absolute atomic E-state index is 0.163. The first-order valence-electron chi connectivity index (χ1n) is 7.88. The van der Waals surface area contributed by atoms with Gasteiger partial charge in [-0.05, 0) is 24.8 Å². The molecule has 1 atom stereocenters. The lowest BCUT2D eigenvalue weighted by atomic mass is 10.1. The maximum absolute atomic E-state index is 12.3. The van der Waals surface area contributed by atoms with Crippen molar-refractivity contribution in [1.29, 1.82) is 0 Å². The van der Waals surface area contributed by atoms with Gasteiger partial charge in [-0.3, -0.25) is 4.79 Å². The second-order valence-corrected chi connectivity index (χ2v) is 5.88. The van der Waals surface area contributed by atoms with Crippen LogP contribution in [0.2, 0.25) is 0 Å². The molecule has 5 nitrogen and oxygen atoms in total. The Balaban J connectivity index is 1.63. The molecule has 0 aliphatic heterocycles. The Morgan fingerprint density at radius 3 is 2.73 bits per heavy atom. The zero-order valence-electron chi connectivity index (χ0n) is 12.6. The molecule has 5 heteroatoms. The van der Waals surface area contributed by atoms with Crippen LogP contribution in [0, 0.1) is 0 Å². The Hall–Kier alpha value is -2.14. The molecule has 3 rings (SSSR count). The number of carbonyl (C=O) groups excluding carboxylic acids is 1. The Morgan fingerprint density at radius 1 is 1.27 bits per heavy atom. The molecule has 1 aliphatic carbocycles. The lowest BCUT2D eigenvalue weighted by Gasteiger charge is -2.16. The van der Waals surface area contributed by atoms with Crippen molar-refractivity contribution in [3.63, 3.8) is 0 Å². The second-order valence-electron chi connectivity index (χ2n) is 5.88. The molecule has 1 amide bonds. The van der Waals surface area contributed by atoms with Crippen molar-refractivity contribution in [2.24, 2.45) is 5.73 Å². The number of hydrogen-bond acceptors (Lipinski definition) is 3. The van der Waals surface area contributed by atoms with E-state index in [2.05, 4.69) is 10.4 Å². The van der Waals surface area contributed by atoms with Crippen LogP contribution in [0.25, 0.3) is 0 Å². The minimum atomic E-state index is -0.561. The molecule has 3 N–H and O–H groups in total. The molecule has 0 radical (unpaired) electrons. The van der Waals surface area contributed by atoms with Crippen LogP contribution in [0.5, 0.6) is 0 Å². The van der Waals surface area contributed by atoms with Gasteiger partial charge in [0.15, 0.2) is 0 Å². The Bertz CT molecular complexity index is 617. The molecule has 1 aromatic carbocycles. The number of anilines is 1. The third kappa shape index (κ3) is 3.36. The highest BCUT2D eigenvalue weighted by molar-refractivity contribution is 5.94. The fourth-order valence-corrected chi connectivity index (χ4v) is 3.03. The van der Waals surface area contributed by atoms with Crippen LogP contribution in [-0.4, -0.2) is 21.7 Å². The van der Waals surface area contributed by atoms with Crippen LogP contribution in [0.3, 0.4) is 0 Å². The molecule has 1 aliphatic rings. The molecule has 2 aromatic rings. The van der Waals surface area contributed by atoms with Crippen LogP contribution in [0.4, 0.5) is 5.82 Å². The molecule has 0 bridgehead atoms. The molecule has 0 unspecified atom stereocenters. The normalized spacial score (nSPS) is 16.6. The number of nitrogens with zero attached hydrogens (tertiary/aromatic N) is 2. The summed E-state index contributed by atoms with van der Waals surface area (Å²) in [6, 6.07) is 11.5. The summed E-state index contributed by atoms with van der Waals surface area (Å²) in [7, 11) is 0. The van der Waals surface area contributed by atoms with E-state index in [1.807, 2.05) is 41.1 Å². The van der Waals surface area contributed by atoms with Crippen LogP contribution in [0.15, 0.2) is 42.6 Å². The largest absolute Gasteiger partial charge is 0.320 e. The maximum atomic E-state index is 12.3. The first-order chi connectivity index (χ1) is 10.7. The second kappa shape index (κ2) is 6.75. The van der Waals surface area contributed by atoms with Gasteiger partial charge in [-0.25, -0.2) is 4.68 Å². The van der Waals surface area contributed by atoms with E-state index in [-0.39, 0.29) is 5.91 Å². The number of carbonyl (C=O) groups is 1. The van der Waals surface area contributed by atoms with E-state index in [1.165, 1.54) is 12.8 Å². The molecule has 22 heavy (non-hydrogen) atoms. The molecule has 1 saturated carbocycles. The summed E-state index contributed by atoms with van der Waals surface area (Å²) in [6.45, 7) is 0. The van der Waals surface area contributed by atoms with Gasteiger partial charge in [0.2, 0.25) is 5.91 Å². The Labute approximate surface area is 130 Å². The summed E-state index contributed by atoms with van der Waals surface area (Å²) >= 11 is 0. The number of aromatic nitrogens is 2. The first kappa shape index (κ1) is 14.8. The number of amides is 1. The average Bonchev–Trinajstić information content (AvgIpc) is 3.18. The van der Waals surface area contributed by atoms with Crippen molar-refractivity contribution in [3.05, 3.63) is 48.2 Å². The zero-order valence-corrected chi connectivity index (χ0v) is 12.6. The Kier molecular flexibility index (Phi) is 4.53. The lowest BCUT2D eigenvalue weighted by molar-refractivity contribution is -0.117. The monoisotopic (exact) mass is 298 g/mol. The van der Waals surface area contributed by atoms with Crippen LogP contribution in [-0.2, 0) is 11.2 Å². The maximum Gasteiger partial charge on any atom is 0.242 e. The van der Waals surface area contributed by atoms with E-state index in [4.69, 9.17) is 5.73 Å². The average molecular weight is 298 g/mol. The summed E-state index contributed by atoms with van der Waals surface area (Å²) in [5.74, 6) is 0.587. The molecule has 1 fully saturated rings. The number of nitrogens with one attached hydrogen (secondary N) is 1. The Morgan fingerprint density at radius 2 is 2.00 bits per heavy atom. The fraction of sp³-hybridized carbons (Fsp3) is 0.412. The van der Waals surface area contributed by atoms with Crippen LogP contribution >= 0.6 is 0 Å². The minimum Gasteiger partial charge on any atom is -0.320 e. The smallest absolute Gasteiger partial charge is 0.242 e. The van der Waals surface area contributed by atoms with Crippen LogP contribution < -0.4 is 11.1 Å². The highest BCUT2D eigenvalue weighted by atomic mass is 16.2. The number of nitrogens with two attached hydrogens (primary N) is 1. The molecule has 1 aromatic heterocycles. The predicted octanol–water partition coefficient (Wildman–Crippen LogP) is 2.51. The fourth-order valence-electron chi connectivity index (χ4n) is 3.03. The van der Waals surface area contributed by atoms with Crippen molar-refractivity contribution in [3.8, 4) is 0 Å². The summed E-state index contributed by atoms with van der Waals surface area (Å²) in [5.41, 5.74) is 7.09. The molecule has 0 saturated heterocycles. The van der Waals surface area contributed by atoms with E-state index < -0.39 is 6.04 Å². The number of benzene rings is 1. The molecule has 116 valence electrons. The molecule has 1 heterocycles. The quantitative estimate of drug-likeness (QED) is 0.890. The van der Waals surface area contributed by atoms with E-state index in [0.717, 1.165) is 24.2 Å². The summed E-state index contributed by atoms with van der Waals surface area (Å²) in [4.78, 5) is 12.3. The van der Waals surface area contributed by atoms with Crippen molar-refractivity contribution in [1.82, 2.24) is 9.78 Å². The van der Waals surface area contributed by atoms with Gasteiger partial charge in [-0.1, -0.05) is 43.2 Å². The van der Waals surface area contributed by atoms with Crippen molar-refractivity contribution in [2.75, 3.05) is 5.32 Å². The van der Waals surface area contributed by atoms with Gasteiger partial charge in [0.25, 0.3) is 0 Å². The topological polar surface area (TPSA) is 72.9 Å². The van der Waals surface area contributed by atoms with E-state index in [1.54, 1.807) is 6.20 Å².